The van der Waals surface area contributed by atoms with E-state index in [4.69, 9.17) is 10.5 Å². The van der Waals surface area contributed by atoms with Crippen molar-refractivity contribution in [3.8, 4) is 5.75 Å². The maximum atomic E-state index is 13.1. The Labute approximate surface area is 127 Å². The molecular weight excluding hydrogens is 299 g/mol. The first-order valence-corrected chi connectivity index (χ1v) is 7.46. The molecule has 1 saturated carbocycles. The van der Waals surface area contributed by atoms with Crippen molar-refractivity contribution in [2.24, 2.45) is 5.73 Å². The van der Waals surface area contributed by atoms with Gasteiger partial charge in [0, 0.05) is 5.56 Å². The van der Waals surface area contributed by atoms with Crippen LogP contribution in [0.25, 0.3) is 0 Å². The monoisotopic (exact) mass is 317 g/mol. The van der Waals surface area contributed by atoms with Crippen LogP contribution in [0.5, 0.6) is 5.75 Å². The average molecular weight is 317 g/mol. The summed E-state index contributed by atoms with van der Waals surface area (Å²) in [6, 6.07) is 3.80. The third-order valence-corrected chi connectivity index (χ3v) is 3.89. The minimum atomic E-state index is -4.50. The lowest BCUT2D eigenvalue weighted by atomic mass is 10.1. The summed E-state index contributed by atoms with van der Waals surface area (Å²) >= 11 is 4.68. The lowest BCUT2D eigenvalue weighted by Crippen LogP contribution is -2.19. The molecule has 1 aromatic carbocycles. The lowest BCUT2D eigenvalue weighted by Gasteiger charge is -2.19. The Morgan fingerprint density at radius 2 is 1.76 bits per heavy atom. The van der Waals surface area contributed by atoms with Gasteiger partial charge in [0.1, 0.15) is 10.7 Å². The van der Waals surface area contributed by atoms with Gasteiger partial charge in [-0.25, -0.2) is 0 Å². The molecule has 2 rings (SSSR count). The number of ether oxygens (including phenoxy) is 1. The summed E-state index contributed by atoms with van der Waals surface area (Å²) < 4.78 is 44.9. The highest BCUT2D eigenvalue weighted by Gasteiger charge is 2.34. The van der Waals surface area contributed by atoms with Crippen LogP contribution in [0, 0.1) is 0 Å². The molecule has 1 aromatic rings. The van der Waals surface area contributed by atoms with Crippen molar-refractivity contribution in [1.29, 1.82) is 0 Å². The standard InChI is InChI=1S/C15H18F3NOS/c16-15(17,18)13-9-11(7-8-12(13)14(19)21)20-10-5-3-1-2-4-6-10/h7-10H,1-6H2,(H2,19,21). The molecule has 0 heterocycles. The van der Waals surface area contributed by atoms with E-state index < -0.39 is 11.7 Å². The highest BCUT2D eigenvalue weighted by Crippen LogP contribution is 2.35. The van der Waals surface area contributed by atoms with E-state index in [1.165, 1.54) is 12.1 Å². The van der Waals surface area contributed by atoms with Gasteiger partial charge in [0.05, 0.1) is 11.7 Å². The van der Waals surface area contributed by atoms with Gasteiger partial charge in [0.15, 0.2) is 0 Å². The van der Waals surface area contributed by atoms with Gasteiger partial charge in [-0.3, -0.25) is 0 Å². The number of rotatable bonds is 3. The zero-order chi connectivity index (χ0) is 15.5. The largest absolute Gasteiger partial charge is 0.490 e. The van der Waals surface area contributed by atoms with Crippen LogP contribution in [0.1, 0.15) is 49.7 Å². The van der Waals surface area contributed by atoms with Crippen molar-refractivity contribution in [3.05, 3.63) is 29.3 Å². The highest BCUT2D eigenvalue weighted by molar-refractivity contribution is 7.80. The summed E-state index contributed by atoms with van der Waals surface area (Å²) in [6.45, 7) is 0. The Hall–Kier alpha value is -1.30. The van der Waals surface area contributed by atoms with Crippen LogP contribution in [0.4, 0.5) is 13.2 Å². The number of hydrogen-bond acceptors (Lipinski definition) is 2. The van der Waals surface area contributed by atoms with E-state index in [9.17, 15) is 13.2 Å². The number of nitrogens with two attached hydrogens (primary N) is 1. The molecular formula is C15H18F3NOS. The molecule has 21 heavy (non-hydrogen) atoms. The number of alkyl halides is 3. The number of thiocarbonyl (C=S) groups is 1. The van der Waals surface area contributed by atoms with Gasteiger partial charge in [-0.1, -0.05) is 25.1 Å². The minimum absolute atomic E-state index is 0.00994. The summed E-state index contributed by atoms with van der Waals surface area (Å²) in [7, 11) is 0. The molecule has 0 saturated heterocycles. The third-order valence-electron chi connectivity index (χ3n) is 3.67. The minimum Gasteiger partial charge on any atom is -0.490 e. The van der Waals surface area contributed by atoms with Gasteiger partial charge in [-0.2, -0.15) is 13.2 Å². The highest BCUT2D eigenvalue weighted by atomic mass is 32.1. The Balaban J connectivity index is 2.22. The van der Waals surface area contributed by atoms with Crippen LogP contribution in [0.2, 0.25) is 0 Å². The summed E-state index contributed by atoms with van der Waals surface area (Å²) in [4.78, 5) is -0.261. The van der Waals surface area contributed by atoms with Crippen molar-refractivity contribution >= 4 is 17.2 Å². The topological polar surface area (TPSA) is 35.2 Å². The molecule has 1 aliphatic carbocycles. The smallest absolute Gasteiger partial charge is 0.417 e. The van der Waals surface area contributed by atoms with Crippen molar-refractivity contribution in [3.63, 3.8) is 0 Å². The van der Waals surface area contributed by atoms with Crippen molar-refractivity contribution in [2.75, 3.05) is 0 Å². The average Bonchev–Trinajstić information content (AvgIpc) is 2.66. The zero-order valence-electron chi connectivity index (χ0n) is 11.6. The molecule has 1 fully saturated rings. The molecule has 2 nitrogen and oxygen atoms in total. The van der Waals surface area contributed by atoms with Crippen LogP contribution >= 0.6 is 12.2 Å². The van der Waals surface area contributed by atoms with Crippen molar-refractivity contribution < 1.29 is 17.9 Å². The zero-order valence-corrected chi connectivity index (χ0v) is 12.4. The Kier molecular flexibility index (Phi) is 5.08. The fourth-order valence-electron chi connectivity index (χ4n) is 2.60. The second kappa shape index (κ2) is 6.64. The van der Waals surface area contributed by atoms with Gasteiger partial charge in [0.2, 0.25) is 0 Å². The third kappa shape index (κ3) is 4.33. The van der Waals surface area contributed by atoms with Crippen LogP contribution in [0.15, 0.2) is 18.2 Å². The maximum Gasteiger partial charge on any atom is 0.417 e. The fourth-order valence-corrected chi connectivity index (χ4v) is 2.78. The van der Waals surface area contributed by atoms with E-state index >= 15 is 0 Å². The summed E-state index contributed by atoms with van der Waals surface area (Å²) in [5, 5.41) is 0. The van der Waals surface area contributed by atoms with Gasteiger partial charge >= 0.3 is 6.18 Å². The van der Waals surface area contributed by atoms with Gasteiger partial charge in [-0.15, -0.1) is 0 Å². The predicted octanol–water partition coefficient (Wildman–Crippen LogP) is 4.44. The molecule has 0 bridgehead atoms. The molecule has 0 aromatic heterocycles. The molecule has 0 amide bonds. The molecule has 1 aliphatic rings. The first-order chi connectivity index (χ1) is 9.88. The summed E-state index contributed by atoms with van der Waals surface area (Å²) in [5.41, 5.74) is 4.36. The Morgan fingerprint density at radius 1 is 1.14 bits per heavy atom. The van der Waals surface area contributed by atoms with E-state index in [-0.39, 0.29) is 22.4 Å². The molecule has 116 valence electrons. The van der Waals surface area contributed by atoms with E-state index in [1.807, 2.05) is 0 Å². The summed E-state index contributed by atoms with van der Waals surface area (Å²) in [5.74, 6) is 0.231. The van der Waals surface area contributed by atoms with E-state index in [2.05, 4.69) is 12.2 Å². The van der Waals surface area contributed by atoms with E-state index in [0.29, 0.717) is 0 Å². The van der Waals surface area contributed by atoms with Crippen LogP contribution in [0.3, 0.4) is 0 Å². The van der Waals surface area contributed by atoms with Gasteiger partial charge in [-0.05, 0) is 43.9 Å². The second-order valence-electron chi connectivity index (χ2n) is 5.30. The van der Waals surface area contributed by atoms with Crippen LogP contribution in [-0.2, 0) is 6.18 Å². The molecule has 0 radical (unpaired) electrons. The first-order valence-electron chi connectivity index (χ1n) is 7.05. The maximum absolute atomic E-state index is 13.1. The molecule has 0 atom stereocenters. The molecule has 0 unspecified atom stereocenters. The van der Waals surface area contributed by atoms with Crippen LogP contribution in [-0.4, -0.2) is 11.1 Å². The van der Waals surface area contributed by atoms with Gasteiger partial charge < -0.3 is 10.5 Å². The quantitative estimate of drug-likeness (QED) is 0.661. The normalized spacial score (nSPS) is 17.3. The number of benzene rings is 1. The fraction of sp³-hybridized carbons (Fsp3) is 0.533. The Morgan fingerprint density at radius 3 is 2.29 bits per heavy atom. The predicted molar refractivity (Wildman–Crippen MR) is 79.4 cm³/mol. The van der Waals surface area contributed by atoms with E-state index in [0.717, 1.165) is 44.6 Å². The van der Waals surface area contributed by atoms with Gasteiger partial charge in [0.25, 0.3) is 0 Å². The summed E-state index contributed by atoms with van der Waals surface area (Å²) in [6.07, 6.45) is 1.70. The number of halogens is 3. The number of hydrogen-bond donors (Lipinski definition) is 1. The van der Waals surface area contributed by atoms with Crippen molar-refractivity contribution in [2.45, 2.75) is 50.8 Å². The second-order valence-corrected chi connectivity index (χ2v) is 5.74. The lowest BCUT2D eigenvalue weighted by molar-refractivity contribution is -0.137. The molecule has 2 N–H and O–H groups in total. The molecule has 6 heteroatoms. The molecule has 0 spiro atoms. The molecule has 0 aliphatic heterocycles. The Bertz CT molecular complexity index is 508. The first kappa shape index (κ1) is 16.1. The van der Waals surface area contributed by atoms with E-state index in [1.54, 1.807) is 0 Å². The van der Waals surface area contributed by atoms with Crippen LogP contribution < -0.4 is 10.5 Å². The SMILES string of the molecule is NC(=S)c1ccc(OC2CCCCCC2)cc1C(F)(F)F. The van der Waals surface area contributed by atoms with Crippen molar-refractivity contribution in [1.82, 2.24) is 0 Å².